The number of ether oxygens (including phenoxy) is 2. The average molecular weight is 485 g/mol. The number of methoxy groups -OCH3 is 1. The number of aromatic nitrogens is 2. The van der Waals surface area contributed by atoms with E-state index in [4.69, 9.17) is 19.4 Å². The molecule has 182 valence electrons. The summed E-state index contributed by atoms with van der Waals surface area (Å²) in [6.07, 6.45) is 6.09. The van der Waals surface area contributed by atoms with Gasteiger partial charge in [0.25, 0.3) is 0 Å². The van der Waals surface area contributed by atoms with E-state index in [1.807, 2.05) is 12.1 Å². The molecule has 0 spiro atoms. The van der Waals surface area contributed by atoms with Gasteiger partial charge in [-0.2, -0.15) is 4.98 Å². The number of nitrogens with zero attached hydrogens (tertiary/aromatic N) is 3. The molecule has 2 aliphatic carbocycles. The van der Waals surface area contributed by atoms with Gasteiger partial charge in [-0.25, -0.2) is 4.98 Å². The maximum Gasteiger partial charge on any atom is 0.227 e. The van der Waals surface area contributed by atoms with E-state index in [0.29, 0.717) is 41.9 Å². The molecule has 1 aromatic carbocycles. The molecular weight excluding hydrogens is 452 g/mol. The van der Waals surface area contributed by atoms with Crippen molar-refractivity contribution >= 4 is 22.6 Å². The molecule has 2 saturated carbocycles. The Bertz CT molecular complexity index is 1090. The predicted molar refractivity (Wildman–Crippen MR) is 130 cm³/mol. The van der Waals surface area contributed by atoms with E-state index >= 15 is 0 Å². The summed E-state index contributed by atoms with van der Waals surface area (Å²) in [5, 5.41) is 13.4. The fraction of sp³-hybridized carbons (Fsp3) is 0.600. The van der Waals surface area contributed by atoms with Gasteiger partial charge in [0.2, 0.25) is 5.95 Å². The standard InChI is InChI=1S/C25H32N4O4S/c1-32-25(18-5-7-19(8-6-18)33-13-17-3-4-17)14-29(15-25)23-26-20-9-12-34(31)21(20)22(27-23)28-24(16-30)10-2-11-24/h5-8,17,30H,2-4,9-16H2,1H3,(H,26,27,28). The molecular formula is C25H32N4O4S. The maximum absolute atomic E-state index is 12.7. The number of anilines is 2. The van der Waals surface area contributed by atoms with Crippen molar-refractivity contribution in [1.29, 1.82) is 0 Å². The number of hydrogen-bond acceptors (Lipinski definition) is 8. The summed E-state index contributed by atoms with van der Waals surface area (Å²) >= 11 is 0. The van der Waals surface area contributed by atoms with Crippen molar-refractivity contribution in [3.63, 3.8) is 0 Å². The largest absolute Gasteiger partial charge is 0.493 e. The molecule has 3 heterocycles. The van der Waals surface area contributed by atoms with Crippen LogP contribution in [0.1, 0.15) is 43.4 Å². The highest BCUT2D eigenvalue weighted by atomic mass is 32.2. The van der Waals surface area contributed by atoms with Gasteiger partial charge in [0, 0.05) is 19.3 Å². The van der Waals surface area contributed by atoms with E-state index in [9.17, 15) is 9.32 Å². The summed E-state index contributed by atoms with van der Waals surface area (Å²) in [5.74, 6) is 3.45. The molecule has 1 atom stereocenters. The highest BCUT2D eigenvalue weighted by Crippen LogP contribution is 2.41. The van der Waals surface area contributed by atoms with Crippen molar-refractivity contribution in [1.82, 2.24) is 9.97 Å². The summed E-state index contributed by atoms with van der Waals surface area (Å²) in [4.78, 5) is 12.4. The van der Waals surface area contributed by atoms with Gasteiger partial charge >= 0.3 is 0 Å². The first-order valence-electron chi connectivity index (χ1n) is 12.2. The van der Waals surface area contributed by atoms with Gasteiger partial charge in [0.05, 0.1) is 48.3 Å². The van der Waals surface area contributed by atoms with Gasteiger partial charge in [-0.05, 0) is 55.7 Å². The van der Waals surface area contributed by atoms with Gasteiger partial charge in [0.15, 0.2) is 0 Å². The number of aliphatic hydroxyl groups excluding tert-OH is 1. The van der Waals surface area contributed by atoms with Crippen LogP contribution >= 0.6 is 0 Å². The van der Waals surface area contributed by atoms with Gasteiger partial charge in [0.1, 0.15) is 22.1 Å². The van der Waals surface area contributed by atoms with Crippen molar-refractivity contribution < 1.29 is 18.8 Å². The lowest BCUT2D eigenvalue weighted by Gasteiger charge is -2.49. The first-order chi connectivity index (χ1) is 16.5. The Balaban J connectivity index is 1.21. The lowest BCUT2D eigenvalue weighted by molar-refractivity contribution is -0.0390. The van der Waals surface area contributed by atoms with Crippen molar-refractivity contribution in [3.05, 3.63) is 35.5 Å². The van der Waals surface area contributed by atoms with Crippen LogP contribution in [0, 0.1) is 5.92 Å². The quantitative estimate of drug-likeness (QED) is 0.561. The molecule has 3 fully saturated rings. The van der Waals surface area contributed by atoms with Crippen LogP contribution in [-0.4, -0.2) is 64.0 Å². The van der Waals surface area contributed by atoms with E-state index in [2.05, 4.69) is 22.3 Å². The molecule has 0 amide bonds. The minimum absolute atomic E-state index is 0.0462. The smallest absolute Gasteiger partial charge is 0.227 e. The summed E-state index contributed by atoms with van der Waals surface area (Å²) in [6, 6.07) is 8.23. The Morgan fingerprint density at radius 3 is 2.59 bits per heavy atom. The van der Waals surface area contributed by atoms with Crippen LogP contribution < -0.4 is 15.0 Å². The molecule has 2 aromatic rings. The summed E-state index contributed by atoms with van der Waals surface area (Å²) < 4.78 is 24.5. The molecule has 1 saturated heterocycles. The van der Waals surface area contributed by atoms with Crippen molar-refractivity contribution in [2.45, 2.75) is 54.6 Å². The topological polar surface area (TPSA) is 96.8 Å². The van der Waals surface area contributed by atoms with Gasteiger partial charge < -0.3 is 24.8 Å². The first-order valence-corrected chi connectivity index (χ1v) is 13.6. The fourth-order valence-electron chi connectivity index (χ4n) is 5.08. The number of fused-ring (bicyclic) bond motifs is 1. The highest BCUT2D eigenvalue weighted by Gasteiger charge is 2.47. The van der Waals surface area contributed by atoms with Crippen LogP contribution in [-0.2, 0) is 27.6 Å². The van der Waals surface area contributed by atoms with E-state index < -0.39 is 16.4 Å². The van der Waals surface area contributed by atoms with Crippen LogP contribution in [0.25, 0.3) is 0 Å². The van der Waals surface area contributed by atoms with Crippen LogP contribution in [0.2, 0.25) is 0 Å². The second-order valence-electron chi connectivity index (χ2n) is 10.2. The number of nitrogens with one attached hydrogen (secondary N) is 1. The number of benzene rings is 1. The van der Waals surface area contributed by atoms with E-state index in [-0.39, 0.29) is 12.1 Å². The molecule has 8 nitrogen and oxygen atoms in total. The molecule has 2 aliphatic heterocycles. The highest BCUT2D eigenvalue weighted by molar-refractivity contribution is 7.85. The van der Waals surface area contributed by atoms with E-state index in [0.717, 1.165) is 48.8 Å². The molecule has 2 N–H and O–H groups in total. The van der Waals surface area contributed by atoms with Gasteiger partial charge in [-0.3, -0.25) is 4.21 Å². The average Bonchev–Trinajstić information content (AvgIpc) is 3.56. The third kappa shape index (κ3) is 3.87. The van der Waals surface area contributed by atoms with Crippen molar-refractivity contribution in [2.75, 3.05) is 49.4 Å². The number of rotatable bonds is 9. The second kappa shape index (κ2) is 8.46. The molecule has 0 radical (unpaired) electrons. The Hall–Kier alpha value is -2.23. The lowest BCUT2D eigenvalue weighted by atomic mass is 9.77. The number of aliphatic hydroxyl groups is 1. The maximum atomic E-state index is 12.7. The zero-order valence-electron chi connectivity index (χ0n) is 19.6. The zero-order chi connectivity index (χ0) is 23.3. The number of aryl methyl sites for hydroxylation is 1. The normalized spacial score (nSPS) is 24.2. The first kappa shape index (κ1) is 22.2. The molecule has 6 rings (SSSR count). The van der Waals surface area contributed by atoms with Crippen molar-refractivity contribution in [3.8, 4) is 5.75 Å². The Morgan fingerprint density at radius 1 is 1.21 bits per heavy atom. The summed E-state index contributed by atoms with van der Waals surface area (Å²) in [5.41, 5.74) is 1.18. The molecule has 4 aliphatic rings. The Labute approximate surface area is 202 Å². The van der Waals surface area contributed by atoms with Gasteiger partial charge in [-0.15, -0.1) is 0 Å². The summed E-state index contributed by atoms with van der Waals surface area (Å²) in [6.45, 7) is 2.12. The minimum Gasteiger partial charge on any atom is -0.493 e. The van der Waals surface area contributed by atoms with E-state index in [1.54, 1.807) is 7.11 Å². The van der Waals surface area contributed by atoms with Crippen LogP contribution in [0.3, 0.4) is 0 Å². The monoisotopic (exact) mass is 484 g/mol. The second-order valence-corrected chi connectivity index (χ2v) is 11.7. The van der Waals surface area contributed by atoms with Crippen LogP contribution in [0.5, 0.6) is 5.75 Å². The molecule has 1 aromatic heterocycles. The minimum atomic E-state index is -1.10. The predicted octanol–water partition coefficient (Wildman–Crippen LogP) is 2.62. The zero-order valence-corrected chi connectivity index (χ0v) is 20.4. The number of hydrogen-bond donors (Lipinski definition) is 2. The van der Waals surface area contributed by atoms with E-state index in [1.165, 1.54) is 12.8 Å². The third-order valence-electron chi connectivity index (χ3n) is 7.80. The fourth-order valence-corrected chi connectivity index (χ4v) is 6.39. The van der Waals surface area contributed by atoms with Crippen LogP contribution in [0.4, 0.5) is 11.8 Å². The molecule has 1 unspecified atom stereocenters. The molecule has 0 bridgehead atoms. The lowest BCUT2D eigenvalue weighted by Crippen LogP contribution is -2.61. The van der Waals surface area contributed by atoms with Gasteiger partial charge in [-0.1, -0.05) is 12.1 Å². The Morgan fingerprint density at radius 2 is 1.97 bits per heavy atom. The third-order valence-corrected chi connectivity index (χ3v) is 9.26. The van der Waals surface area contributed by atoms with Crippen LogP contribution in [0.15, 0.2) is 29.2 Å². The molecule has 34 heavy (non-hydrogen) atoms. The van der Waals surface area contributed by atoms with Crippen molar-refractivity contribution in [2.24, 2.45) is 5.92 Å². The SMILES string of the molecule is COC1(c2ccc(OCC3CC3)cc2)CN(c2nc3c(c(NC4(CO)CCC4)n2)S(=O)CC3)C1. The summed E-state index contributed by atoms with van der Waals surface area (Å²) in [7, 11) is 0.643. The molecule has 9 heteroatoms. The Kier molecular flexibility index (Phi) is 5.54.